The maximum atomic E-state index is 11.9. The van der Waals surface area contributed by atoms with Crippen LogP contribution in [0.2, 0.25) is 0 Å². The van der Waals surface area contributed by atoms with Gasteiger partial charge in [-0.15, -0.1) is 0 Å². The predicted molar refractivity (Wildman–Crippen MR) is 137 cm³/mol. The molecular formula is C27H27N7O2. The Hall–Kier alpha value is -4.42. The zero-order valence-electron chi connectivity index (χ0n) is 20.2. The van der Waals surface area contributed by atoms with Crippen molar-refractivity contribution in [3.05, 3.63) is 73.3 Å². The Morgan fingerprint density at radius 2 is 1.86 bits per heavy atom. The van der Waals surface area contributed by atoms with Gasteiger partial charge in [-0.3, -0.25) is 9.48 Å². The van der Waals surface area contributed by atoms with E-state index < -0.39 is 0 Å². The van der Waals surface area contributed by atoms with E-state index in [1.54, 1.807) is 17.8 Å². The number of methoxy groups -OCH3 is 1. The van der Waals surface area contributed by atoms with Crippen molar-refractivity contribution in [3.8, 4) is 28.3 Å². The van der Waals surface area contributed by atoms with Gasteiger partial charge in [-0.1, -0.05) is 18.7 Å². The van der Waals surface area contributed by atoms with Gasteiger partial charge in [0.1, 0.15) is 6.07 Å². The molecule has 0 radical (unpaired) electrons. The number of nitriles is 1. The highest BCUT2D eigenvalue weighted by molar-refractivity contribution is 5.88. The Morgan fingerprint density at radius 1 is 1.08 bits per heavy atom. The molecule has 1 aromatic carbocycles. The second-order valence-electron chi connectivity index (χ2n) is 8.65. The number of pyridine rings is 1. The molecule has 0 saturated carbocycles. The van der Waals surface area contributed by atoms with E-state index in [0.29, 0.717) is 31.8 Å². The quantitative estimate of drug-likeness (QED) is 0.377. The van der Waals surface area contributed by atoms with Gasteiger partial charge < -0.3 is 14.5 Å². The van der Waals surface area contributed by atoms with Gasteiger partial charge in [0.15, 0.2) is 0 Å². The molecule has 4 aromatic rings. The molecular weight excluding hydrogens is 454 g/mol. The number of hydrogen-bond donors (Lipinski definition) is 0. The van der Waals surface area contributed by atoms with Crippen LogP contribution in [0.3, 0.4) is 0 Å². The highest BCUT2D eigenvalue weighted by atomic mass is 16.5. The van der Waals surface area contributed by atoms with Crippen LogP contribution >= 0.6 is 0 Å². The number of piperazine rings is 1. The van der Waals surface area contributed by atoms with E-state index in [4.69, 9.17) is 4.74 Å². The number of ether oxygens (including phenoxy) is 1. The van der Waals surface area contributed by atoms with Gasteiger partial charge in [0.2, 0.25) is 5.91 Å². The van der Waals surface area contributed by atoms with Gasteiger partial charge in [-0.2, -0.15) is 15.5 Å². The molecule has 0 unspecified atom stereocenters. The lowest BCUT2D eigenvalue weighted by Crippen LogP contribution is -2.48. The van der Waals surface area contributed by atoms with Crippen molar-refractivity contribution >= 4 is 17.1 Å². The number of hydrogen-bond acceptors (Lipinski definition) is 6. The summed E-state index contributed by atoms with van der Waals surface area (Å²) in [7, 11) is 1.67. The molecule has 0 spiro atoms. The fourth-order valence-corrected chi connectivity index (χ4v) is 4.57. The number of anilines is 1. The first-order chi connectivity index (χ1) is 17.6. The van der Waals surface area contributed by atoms with E-state index in [-0.39, 0.29) is 5.91 Å². The average Bonchev–Trinajstić information content (AvgIpc) is 3.58. The van der Waals surface area contributed by atoms with E-state index in [1.165, 1.54) is 6.08 Å². The Bertz CT molecular complexity index is 1440. The lowest BCUT2D eigenvalue weighted by atomic mass is 9.99. The van der Waals surface area contributed by atoms with Crippen molar-refractivity contribution in [1.29, 1.82) is 5.26 Å². The molecule has 1 amide bonds. The first-order valence-electron chi connectivity index (χ1n) is 11.8. The van der Waals surface area contributed by atoms with Gasteiger partial charge in [0.25, 0.3) is 0 Å². The zero-order valence-corrected chi connectivity index (χ0v) is 20.2. The number of amides is 1. The molecule has 1 aliphatic rings. The topological polar surface area (TPSA) is 91.7 Å². The van der Waals surface area contributed by atoms with Crippen molar-refractivity contribution in [2.24, 2.45) is 0 Å². The van der Waals surface area contributed by atoms with Gasteiger partial charge >= 0.3 is 0 Å². The third kappa shape index (κ3) is 4.46. The minimum Gasteiger partial charge on any atom is -0.383 e. The number of rotatable bonds is 7. The highest BCUT2D eigenvalue weighted by Gasteiger charge is 2.20. The molecule has 1 fully saturated rings. The monoisotopic (exact) mass is 481 g/mol. The summed E-state index contributed by atoms with van der Waals surface area (Å²) in [5.41, 5.74) is 6.25. The van der Waals surface area contributed by atoms with E-state index in [1.807, 2.05) is 28.2 Å². The Balaban J connectivity index is 1.46. The number of carbonyl (C=O) groups is 1. The minimum absolute atomic E-state index is 0.0211. The van der Waals surface area contributed by atoms with Crippen LogP contribution in [-0.2, 0) is 16.1 Å². The van der Waals surface area contributed by atoms with Crippen molar-refractivity contribution in [2.45, 2.75) is 6.54 Å². The highest BCUT2D eigenvalue weighted by Crippen LogP contribution is 2.33. The molecule has 36 heavy (non-hydrogen) atoms. The number of fused-ring (bicyclic) bond motifs is 1. The molecule has 182 valence electrons. The summed E-state index contributed by atoms with van der Waals surface area (Å²) in [5, 5.41) is 18.6. The third-order valence-corrected chi connectivity index (χ3v) is 6.53. The zero-order chi connectivity index (χ0) is 25.1. The van der Waals surface area contributed by atoms with Gasteiger partial charge in [0.05, 0.1) is 36.6 Å². The first kappa shape index (κ1) is 23.3. The van der Waals surface area contributed by atoms with Crippen LogP contribution in [0.4, 0.5) is 5.69 Å². The third-order valence-electron chi connectivity index (χ3n) is 6.53. The number of nitrogens with zero attached hydrogens (tertiary/aromatic N) is 7. The van der Waals surface area contributed by atoms with Crippen molar-refractivity contribution in [3.63, 3.8) is 0 Å². The summed E-state index contributed by atoms with van der Waals surface area (Å²) >= 11 is 0. The maximum absolute atomic E-state index is 11.9. The SMILES string of the molecule is C=CC(=O)N1CCN(c2ccc(-c3cc(-c4cnn(CCOC)c4)cn4ncc(C#N)c34)cc2)CC1. The van der Waals surface area contributed by atoms with Crippen LogP contribution in [0.15, 0.2) is 67.8 Å². The molecule has 4 heterocycles. The fourth-order valence-electron chi connectivity index (χ4n) is 4.57. The Morgan fingerprint density at radius 3 is 2.56 bits per heavy atom. The lowest BCUT2D eigenvalue weighted by molar-refractivity contribution is -0.126. The van der Waals surface area contributed by atoms with Crippen LogP contribution in [0, 0.1) is 11.3 Å². The van der Waals surface area contributed by atoms with Crippen molar-refractivity contribution in [1.82, 2.24) is 24.3 Å². The minimum atomic E-state index is -0.0211. The van der Waals surface area contributed by atoms with Gasteiger partial charge in [-0.25, -0.2) is 4.52 Å². The molecule has 3 aromatic heterocycles. The second kappa shape index (κ2) is 10.1. The van der Waals surface area contributed by atoms with Crippen LogP contribution in [0.25, 0.3) is 27.8 Å². The summed E-state index contributed by atoms with van der Waals surface area (Å²) in [6.45, 7) is 7.73. The van der Waals surface area contributed by atoms with Gasteiger partial charge in [-0.05, 0) is 29.8 Å². The fraction of sp³-hybridized carbons (Fsp3) is 0.259. The molecule has 1 aliphatic heterocycles. The first-order valence-corrected chi connectivity index (χ1v) is 11.8. The average molecular weight is 482 g/mol. The summed E-state index contributed by atoms with van der Waals surface area (Å²) in [5.74, 6) is -0.0211. The maximum Gasteiger partial charge on any atom is 0.246 e. The summed E-state index contributed by atoms with van der Waals surface area (Å²) in [6.07, 6.45) is 8.71. The van der Waals surface area contributed by atoms with E-state index in [0.717, 1.165) is 46.5 Å². The Labute approximate surface area is 209 Å². The van der Waals surface area contributed by atoms with E-state index in [2.05, 4.69) is 58.1 Å². The molecule has 0 N–H and O–H groups in total. The molecule has 0 bridgehead atoms. The van der Waals surface area contributed by atoms with Crippen LogP contribution in [0.1, 0.15) is 5.56 Å². The largest absolute Gasteiger partial charge is 0.383 e. The standard InChI is InChI=1S/C27H27N7O2/c1-3-26(35)32-10-8-31(9-11-32)24-6-4-20(5-7-24)25-14-21(19-34-27(25)22(15-28)16-30-34)23-17-29-33(18-23)12-13-36-2/h3-7,14,16-19H,1,8-13H2,2H3. The molecule has 1 saturated heterocycles. The van der Waals surface area contributed by atoms with E-state index >= 15 is 0 Å². The molecule has 0 atom stereocenters. The number of benzene rings is 1. The summed E-state index contributed by atoms with van der Waals surface area (Å²) in [6, 6.07) is 12.7. The van der Waals surface area contributed by atoms with E-state index in [9.17, 15) is 10.1 Å². The predicted octanol–water partition coefficient (Wildman–Crippen LogP) is 3.22. The molecule has 9 heteroatoms. The lowest BCUT2D eigenvalue weighted by Gasteiger charge is -2.35. The smallest absolute Gasteiger partial charge is 0.246 e. The second-order valence-corrected chi connectivity index (χ2v) is 8.65. The van der Waals surface area contributed by atoms with Crippen molar-refractivity contribution in [2.75, 3.05) is 44.8 Å². The van der Waals surface area contributed by atoms with Crippen LogP contribution in [0.5, 0.6) is 0 Å². The van der Waals surface area contributed by atoms with Crippen LogP contribution in [-0.4, -0.2) is 70.1 Å². The molecule has 9 nitrogen and oxygen atoms in total. The number of aromatic nitrogens is 4. The van der Waals surface area contributed by atoms with Crippen molar-refractivity contribution < 1.29 is 9.53 Å². The normalized spacial score (nSPS) is 13.7. The Kier molecular flexibility index (Phi) is 6.52. The summed E-state index contributed by atoms with van der Waals surface area (Å²) < 4.78 is 8.77. The molecule has 0 aliphatic carbocycles. The summed E-state index contributed by atoms with van der Waals surface area (Å²) in [4.78, 5) is 16.0. The number of carbonyl (C=O) groups excluding carboxylic acids is 1. The molecule has 5 rings (SSSR count). The van der Waals surface area contributed by atoms with Crippen LogP contribution < -0.4 is 4.90 Å². The van der Waals surface area contributed by atoms with Gasteiger partial charge in [0, 0.05) is 68.1 Å².